The molecule has 2 aromatic carbocycles. The van der Waals surface area contributed by atoms with Crippen LogP contribution in [0.4, 0.5) is 10.1 Å². The van der Waals surface area contributed by atoms with Crippen LogP contribution in [0.2, 0.25) is 5.02 Å². The standard InChI is InChI=1S/C15H10BrClFN3/c16-12-7-9(1-6-13(12)18)15-14(19)8-21(20-15)11-4-2-10(17)3-5-11/h1-8H,19H2. The number of nitrogens with zero attached hydrogens (tertiary/aromatic N) is 2. The van der Waals surface area contributed by atoms with Crippen LogP contribution in [-0.4, -0.2) is 9.78 Å². The predicted octanol–water partition coefficient (Wildman–Crippen LogP) is 4.68. The van der Waals surface area contributed by atoms with E-state index in [1.54, 1.807) is 35.1 Å². The monoisotopic (exact) mass is 365 g/mol. The molecule has 3 nitrogen and oxygen atoms in total. The van der Waals surface area contributed by atoms with Crippen LogP contribution in [0.1, 0.15) is 0 Å². The van der Waals surface area contributed by atoms with Crippen LogP contribution in [0.25, 0.3) is 16.9 Å². The Morgan fingerprint density at radius 3 is 2.52 bits per heavy atom. The van der Waals surface area contributed by atoms with E-state index in [0.29, 0.717) is 20.9 Å². The summed E-state index contributed by atoms with van der Waals surface area (Å²) in [7, 11) is 0. The van der Waals surface area contributed by atoms with Crippen LogP contribution < -0.4 is 5.73 Å². The van der Waals surface area contributed by atoms with Crippen molar-refractivity contribution in [1.29, 1.82) is 0 Å². The fraction of sp³-hybridized carbons (Fsp3) is 0. The first-order chi connectivity index (χ1) is 10.0. The minimum absolute atomic E-state index is 0.325. The highest BCUT2D eigenvalue weighted by Crippen LogP contribution is 2.29. The van der Waals surface area contributed by atoms with Crippen molar-refractivity contribution in [3.8, 4) is 16.9 Å². The molecule has 0 aliphatic rings. The molecule has 0 bridgehead atoms. The SMILES string of the molecule is Nc1cn(-c2ccc(Cl)cc2)nc1-c1ccc(F)c(Br)c1. The lowest BCUT2D eigenvalue weighted by Gasteiger charge is -2.02. The summed E-state index contributed by atoms with van der Waals surface area (Å²) in [5, 5.41) is 5.11. The van der Waals surface area contributed by atoms with Crippen LogP contribution in [-0.2, 0) is 0 Å². The molecular weight excluding hydrogens is 357 g/mol. The Kier molecular flexibility index (Phi) is 3.69. The van der Waals surface area contributed by atoms with E-state index in [2.05, 4.69) is 21.0 Å². The molecule has 0 saturated carbocycles. The zero-order valence-corrected chi connectivity index (χ0v) is 13.1. The van der Waals surface area contributed by atoms with Gasteiger partial charge >= 0.3 is 0 Å². The van der Waals surface area contributed by atoms with Crippen LogP contribution >= 0.6 is 27.5 Å². The quantitative estimate of drug-likeness (QED) is 0.716. The largest absolute Gasteiger partial charge is 0.396 e. The Hall–Kier alpha value is -1.85. The van der Waals surface area contributed by atoms with Crippen LogP contribution in [0.3, 0.4) is 0 Å². The van der Waals surface area contributed by atoms with Crippen molar-refractivity contribution < 1.29 is 4.39 Å². The summed E-state index contributed by atoms with van der Waals surface area (Å²) in [5.41, 5.74) is 8.72. The number of nitrogen functional groups attached to an aromatic ring is 1. The molecule has 3 aromatic rings. The van der Waals surface area contributed by atoms with E-state index < -0.39 is 0 Å². The lowest BCUT2D eigenvalue weighted by Crippen LogP contribution is -1.94. The van der Waals surface area contributed by atoms with E-state index in [4.69, 9.17) is 17.3 Å². The van der Waals surface area contributed by atoms with Gasteiger partial charge < -0.3 is 5.73 Å². The fourth-order valence-corrected chi connectivity index (χ4v) is 2.49. The molecule has 1 aromatic heterocycles. The summed E-state index contributed by atoms with van der Waals surface area (Å²) in [4.78, 5) is 0. The van der Waals surface area contributed by atoms with Crippen molar-refractivity contribution in [3.63, 3.8) is 0 Å². The van der Waals surface area contributed by atoms with Crippen LogP contribution in [0.15, 0.2) is 53.1 Å². The maximum absolute atomic E-state index is 13.3. The van der Waals surface area contributed by atoms with Gasteiger partial charge in [-0.05, 0) is 58.4 Å². The van der Waals surface area contributed by atoms with Gasteiger partial charge in [-0.25, -0.2) is 9.07 Å². The van der Waals surface area contributed by atoms with E-state index in [1.807, 2.05) is 12.1 Å². The number of nitrogens with two attached hydrogens (primary N) is 1. The lowest BCUT2D eigenvalue weighted by atomic mass is 10.1. The second-order valence-electron chi connectivity index (χ2n) is 4.48. The Balaban J connectivity index is 2.05. The highest BCUT2D eigenvalue weighted by Gasteiger charge is 2.11. The summed E-state index contributed by atoms with van der Waals surface area (Å²) < 4.78 is 15.3. The van der Waals surface area contributed by atoms with Crippen molar-refractivity contribution in [3.05, 3.63) is 64.0 Å². The van der Waals surface area contributed by atoms with Crippen molar-refractivity contribution in [1.82, 2.24) is 9.78 Å². The smallest absolute Gasteiger partial charge is 0.137 e. The number of hydrogen-bond donors (Lipinski definition) is 1. The highest BCUT2D eigenvalue weighted by atomic mass is 79.9. The van der Waals surface area contributed by atoms with Crippen LogP contribution in [0.5, 0.6) is 0 Å². The molecule has 0 radical (unpaired) electrons. The molecule has 6 heteroatoms. The van der Waals surface area contributed by atoms with Gasteiger partial charge in [-0.15, -0.1) is 0 Å². The van der Waals surface area contributed by atoms with Gasteiger partial charge in [-0.3, -0.25) is 0 Å². The first-order valence-electron chi connectivity index (χ1n) is 6.11. The van der Waals surface area contributed by atoms with Gasteiger partial charge in [0.1, 0.15) is 11.5 Å². The van der Waals surface area contributed by atoms with Crippen molar-refractivity contribution in [2.45, 2.75) is 0 Å². The first-order valence-corrected chi connectivity index (χ1v) is 7.28. The zero-order valence-electron chi connectivity index (χ0n) is 10.7. The number of hydrogen-bond acceptors (Lipinski definition) is 2. The molecule has 0 aliphatic heterocycles. The van der Waals surface area contributed by atoms with Crippen molar-refractivity contribution in [2.24, 2.45) is 0 Å². The van der Waals surface area contributed by atoms with Gasteiger partial charge in [0.15, 0.2) is 0 Å². The van der Waals surface area contributed by atoms with Gasteiger partial charge in [-0.2, -0.15) is 5.10 Å². The van der Waals surface area contributed by atoms with Gasteiger partial charge in [0, 0.05) is 10.6 Å². The number of halogens is 3. The Morgan fingerprint density at radius 2 is 1.86 bits per heavy atom. The van der Waals surface area contributed by atoms with Gasteiger partial charge in [-0.1, -0.05) is 11.6 Å². The minimum Gasteiger partial charge on any atom is -0.396 e. The lowest BCUT2D eigenvalue weighted by molar-refractivity contribution is 0.621. The van der Waals surface area contributed by atoms with E-state index in [1.165, 1.54) is 6.07 Å². The average Bonchev–Trinajstić information content (AvgIpc) is 2.85. The first kappa shape index (κ1) is 14.1. The Morgan fingerprint density at radius 1 is 1.14 bits per heavy atom. The topological polar surface area (TPSA) is 43.8 Å². The molecule has 0 atom stereocenters. The third kappa shape index (κ3) is 2.80. The van der Waals surface area contributed by atoms with E-state index in [0.717, 1.165) is 11.3 Å². The van der Waals surface area contributed by atoms with E-state index >= 15 is 0 Å². The van der Waals surface area contributed by atoms with E-state index in [-0.39, 0.29) is 5.82 Å². The summed E-state index contributed by atoms with van der Waals surface area (Å²) in [6, 6.07) is 11.9. The number of benzene rings is 2. The summed E-state index contributed by atoms with van der Waals surface area (Å²) in [6.45, 7) is 0. The molecule has 0 fully saturated rings. The average molecular weight is 367 g/mol. The molecule has 3 rings (SSSR count). The molecule has 0 amide bonds. The Labute approximate surface area is 134 Å². The van der Waals surface area contributed by atoms with Crippen molar-refractivity contribution in [2.75, 3.05) is 5.73 Å². The maximum atomic E-state index is 13.3. The molecule has 0 saturated heterocycles. The minimum atomic E-state index is -0.325. The molecular formula is C15H10BrClFN3. The van der Waals surface area contributed by atoms with Gasteiger partial charge in [0.05, 0.1) is 22.0 Å². The van der Waals surface area contributed by atoms with E-state index in [9.17, 15) is 4.39 Å². The molecule has 0 spiro atoms. The highest BCUT2D eigenvalue weighted by molar-refractivity contribution is 9.10. The molecule has 21 heavy (non-hydrogen) atoms. The number of rotatable bonds is 2. The second kappa shape index (κ2) is 5.50. The zero-order chi connectivity index (χ0) is 15.0. The second-order valence-corrected chi connectivity index (χ2v) is 5.77. The molecule has 0 aliphatic carbocycles. The van der Waals surface area contributed by atoms with Crippen LogP contribution in [0, 0.1) is 5.82 Å². The fourth-order valence-electron chi connectivity index (χ4n) is 1.98. The number of anilines is 1. The third-order valence-corrected chi connectivity index (χ3v) is 3.89. The van der Waals surface area contributed by atoms with Gasteiger partial charge in [0.2, 0.25) is 0 Å². The van der Waals surface area contributed by atoms with Crippen molar-refractivity contribution >= 4 is 33.2 Å². The summed E-state index contributed by atoms with van der Waals surface area (Å²) in [5.74, 6) is -0.325. The molecule has 1 heterocycles. The molecule has 106 valence electrons. The molecule has 0 unspecified atom stereocenters. The normalized spacial score (nSPS) is 10.8. The third-order valence-electron chi connectivity index (χ3n) is 3.03. The maximum Gasteiger partial charge on any atom is 0.137 e. The summed E-state index contributed by atoms with van der Waals surface area (Å²) in [6.07, 6.45) is 1.72. The molecule has 2 N–H and O–H groups in total. The Bertz CT molecular complexity index is 799. The number of aromatic nitrogens is 2. The van der Waals surface area contributed by atoms with Gasteiger partial charge in [0.25, 0.3) is 0 Å². The summed E-state index contributed by atoms with van der Waals surface area (Å²) >= 11 is 9.03. The predicted molar refractivity (Wildman–Crippen MR) is 86.1 cm³/mol.